The van der Waals surface area contributed by atoms with E-state index in [0.29, 0.717) is 31.3 Å². The van der Waals surface area contributed by atoms with Crippen molar-refractivity contribution >= 4 is 5.91 Å². The van der Waals surface area contributed by atoms with Crippen molar-refractivity contribution in [3.05, 3.63) is 58.8 Å². The molecule has 1 aliphatic rings. The molecule has 8 heteroatoms. The molecule has 1 aliphatic heterocycles. The van der Waals surface area contributed by atoms with Gasteiger partial charge in [0.1, 0.15) is 18.0 Å². The number of carbonyl (C=O) groups excluding carboxylic acids is 1. The molecule has 0 N–H and O–H groups in total. The van der Waals surface area contributed by atoms with E-state index in [1.807, 2.05) is 48.8 Å². The number of hydrogen-bond donors (Lipinski definition) is 0. The lowest BCUT2D eigenvalue weighted by atomic mass is 10.0. The van der Waals surface area contributed by atoms with Gasteiger partial charge in [0.15, 0.2) is 0 Å². The Balaban J connectivity index is 1.51. The number of ether oxygens (including phenoxy) is 1. The van der Waals surface area contributed by atoms with Crippen molar-refractivity contribution in [3.63, 3.8) is 0 Å². The quantitative estimate of drug-likeness (QED) is 0.677. The van der Waals surface area contributed by atoms with Gasteiger partial charge in [0.2, 0.25) is 5.88 Å². The summed E-state index contributed by atoms with van der Waals surface area (Å²) < 4.78 is 9.50. The standard InChI is InChI=1S/C20H24N6O2/c1-4-26-10-6-16(23-26)20(27)25-9-7-18-15(12-25)17(22-24(18)3)13-28-19-11-14(2)5-8-21-19/h5-6,8,10-11H,4,7,9,12-13H2,1-3H3. The lowest BCUT2D eigenvalue weighted by molar-refractivity contribution is 0.0725. The predicted octanol–water partition coefficient (Wildman–Crippen LogP) is 2.12. The van der Waals surface area contributed by atoms with Gasteiger partial charge in [-0.1, -0.05) is 0 Å². The maximum atomic E-state index is 12.9. The van der Waals surface area contributed by atoms with E-state index in [4.69, 9.17) is 4.74 Å². The Labute approximate surface area is 163 Å². The number of hydrogen-bond acceptors (Lipinski definition) is 5. The molecule has 0 saturated carbocycles. The number of carbonyl (C=O) groups is 1. The zero-order valence-electron chi connectivity index (χ0n) is 16.4. The maximum absolute atomic E-state index is 12.9. The summed E-state index contributed by atoms with van der Waals surface area (Å²) >= 11 is 0. The second-order valence-electron chi connectivity index (χ2n) is 6.99. The van der Waals surface area contributed by atoms with Gasteiger partial charge in [-0.2, -0.15) is 10.2 Å². The van der Waals surface area contributed by atoms with E-state index in [1.54, 1.807) is 16.9 Å². The Morgan fingerprint density at radius 1 is 1.29 bits per heavy atom. The van der Waals surface area contributed by atoms with Crippen LogP contribution in [-0.2, 0) is 33.2 Å². The molecule has 0 aromatic carbocycles. The van der Waals surface area contributed by atoms with E-state index in [9.17, 15) is 4.79 Å². The first kappa shape index (κ1) is 18.2. The topological polar surface area (TPSA) is 78.1 Å². The van der Waals surface area contributed by atoms with Crippen LogP contribution in [0.3, 0.4) is 0 Å². The Morgan fingerprint density at radius 2 is 2.14 bits per heavy atom. The number of aryl methyl sites for hydroxylation is 3. The van der Waals surface area contributed by atoms with Gasteiger partial charge in [0, 0.05) is 62.8 Å². The van der Waals surface area contributed by atoms with Crippen molar-refractivity contribution in [2.24, 2.45) is 7.05 Å². The van der Waals surface area contributed by atoms with Gasteiger partial charge in [0.25, 0.3) is 5.91 Å². The highest BCUT2D eigenvalue weighted by atomic mass is 16.5. The summed E-state index contributed by atoms with van der Waals surface area (Å²) in [4.78, 5) is 18.9. The van der Waals surface area contributed by atoms with E-state index in [0.717, 1.165) is 35.5 Å². The van der Waals surface area contributed by atoms with Crippen LogP contribution in [0.1, 0.15) is 39.9 Å². The molecular weight excluding hydrogens is 356 g/mol. The molecule has 0 unspecified atom stereocenters. The third kappa shape index (κ3) is 3.49. The van der Waals surface area contributed by atoms with E-state index >= 15 is 0 Å². The molecule has 4 rings (SSSR count). The second-order valence-corrected chi connectivity index (χ2v) is 6.99. The summed E-state index contributed by atoms with van der Waals surface area (Å²) in [6.07, 6.45) is 4.33. The maximum Gasteiger partial charge on any atom is 0.274 e. The SMILES string of the molecule is CCn1ccc(C(=O)N2CCc3c(c(COc4cc(C)ccn4)nn3C)C2)n1. The summed E-state index contributed by atoms with van der Waals surface area (Å²) in [5, 5.41) is 8.96. The molecule has 8 nitrogen and oxygen atoms in total. The van der Waals surface area contributed by atoms with Crippen molar-refractivity contribution < 1.29 is 9.53 Å². The number of rotatable bonds is 5. The van der Waals surface area contributed by atoms with Gasteiger partial charge >= 0.3 is 0 Å². The first-order chi connectivity index (χ1) is 13.5. The number of fused-ring (bicyclic) bond motifs is 1. The zero-order chi connectivity index (χ0) is 19.7. The number of amides is 1. The molecular formula is C20H24N6O2. The Bertz CT molecular complexity index is 1010. The lowest BCUT2D eigenvalue weighted by Crippen LogP contribution is -2.36. The molecule has 1 amide bonds. The highest BCUT2D eigenvalue weighted by Gasteiger charge is 2.28. The van der Waals surface area contributed by atoms with E-state index in [2.05, 4.69) is 15.2 Å². The largest absolute Gasteiger partial charge is 0.471 e. The molecule has 0 spiro atoms. The minimum absolute atomic E-state index is 0.0473. The van der Waals surface area contributed by atoms with Gasteiger partial charge in [-0.05, 0) is 31.5 Å². The average molecular weight is 380 g/mol. The molecule has 4 heterocycles. The van der Waals surface area contributed by atoms with Gasteiger partial charge in [-0.3, -0.25) is 14.2 Å². The van der Waals surface area contributed by atoms with Crippen molar-refractivity contribution in [2.75, 3.05) is 6.54 Å². The summed E-state index contributed by atoms with van der Waals surface area (Å²) in [6, 6.07) is 5.60. The molecule has 0 bridgehead atoms. The molecule has 0 saturated heterocycles. The van der Waals surface area contributed by atoms with Crippen LogP contribution in [0.25, 0.3) is 0 Å². The highest BCUT2D eigenvalue weighted by Crippen LogP contribution is 2.24. The normalized spacial score (nSPS) is 13.5. The van der Waals surface area contributed by atoms with Gasteiger partial charge < -0.3 is 9.64 Å². The summed E-state index contributed by atoms with van der Waals surface area (Å²) in [5.41, 5.74) is 4.63. The van der Waals surface area contributed by atoms with Gasteiger partial charge in [0.05, 0.1) is 0 Å². The van der Waals surface area contributed by atoms with E-state index < -0.39 is 0 Å². The zero-order valence-corrected chi connectivity index (χ0v) is 16.4. The fourth-order valence-electron chi connectivity index (χ4n) is 3.50. The fraction of sp³-hybridized carbons (Fsp3) is 0.400. The lowest BCUT2D eigenvalue weighted by Gasteiger charge is -2.27. The van der Waals surface area contributed by atoms with Crippen molar-refractivity contribution in [2.45, 2.75) is 40.0 Å². The Kier molecular flexibility index (Phi) is 4.85. The van der Waals surface area contributed by atoms with Crippen LogP contribution in [0.4, 0.5) is 0 Å². The minimum Gasteiger partial charge on any atom is -0.471 e. The number of pyridine rings is 1. The van der Waals surface area contributed by atoms with E-state index in [1.165, 1.54) is 0 Å². The van der Waals surface area contributed by atoms with Gasteiger partial charge in [-0.15, -0.1) is 0 Å². The fourth-order valence-corrected chi connectivity index (χ4v) is 3.50. The number of nitrogens with zero attached hydrogens (tertiary/aromatic N) is 6. The Hall–Kier alpha value is -3.16. The minimum atomic E-state index is -0.0473. The van der Waals surface area contributed by atoms with Crippen LogP contribution in [0.2, 0.25) is 0 Å². The molecule has 3 aromatic heterocycles. The van der Waals surface area contributed by atoms with Gasteiger partial charge in [-0.25, -0.2) is 4.98 Å². The second kappa shape index (κ2) is 7.46. The smallest absolute Gasteiger partial charge is 0.274 e. The highest BCUT2D eigenvalue weighted by molar-refractivity contribution is 5.92. The molecule has 3 aromatic rings. The molecule has 0 aliphatic carbocycles. The molecule has 0 atom stereocenters. The van der Waals surface area contributed by atoms with Crippen molar-refractivity contribution in [1.82, 2.24) is 29.4 Å². The monoisotopic (exact) mass is 380 g/mol. The summed E-state index contributed by atoms with van der Waals surface area (Å²) in [5.74, 6) is 0.530. The van der Waals surface area contributed by atoms with Crippen LogP contribution in [0.5, 0.6) is 5.88 Å². The Morgan fingerprint density at radius 3 is 2.89 bits per heavy atom. The molecule has 146 valence electrons. The predicted molar refractivity (Wildman–Crippen MR) is 103 cm³/mol. The third-order valence-corrected chi connectivity index (χ3v) is 5.04. The average Bonchev–Trinajstić information content (AvgIpc) is 3.30. The van der Waals surface area contributed by atoms with Crippen LogP contribution < -0.4 is 4.74 Å². The van der Waals surface area contributed by atoms with Crippen molar-refractivity contribution in [3.8, 4) is 5.88 Å². The van der Waals surface area contributed by atoms with Crippen LogP contribution in [-0.4, -0.2) is 41.9 Å². The van der Waals surface area contributed by atoms with Crippen molar-refractivity contribution in [1.29, 1.82) is 0 Å². The number of aromatic nitrogens is 5. The molecule has 28 heavy (non-hydrogen) atoms. The van der Waals surface area contributed by atoms with Crippen LogP contribution in [0.15, 0.2) is 30.6 Å². The van der Waals surface area contributed by atoms with Crippen LogP contribution in [0, 0.1) is 6.92 Å². The first-order valence-corrected chi connectivity index (χ1v) is 9.47. The van der Waals surface area contributed by atoms with E-state index in [-0.39, 0.29) is 5.91 Å². The third-order valence-electron chi connectivity index (χ3n) is 5.04. The van der Waals surface area contributed by atoms with Crippen LogP contribution >= 0.6 is 0 Å². The summed E-state index contributed by atoms with van der Waals surface area (Å²) in [6.45, 7) is 6.24. The molecule has 0 radical (unpaired) electrons. The first-order valence-electron chi connectivity index (χ1n) is 9.47. The summed E-state index contributed by atoms with van der Waals surface area (Å²) in [7, 11) is 1.94. The molecule has 0 fully saturated rings.